The van der Waals surface area contributed by atoms with Gasteiger partial charge in [-0.1, -0.05) is 6.08 Å². The molecule has 0 aromatic carbocycles. The third-order valence-corrected chi connectivity index (χ3v) is 5.53. The highest BCUT2D eigenvalue weighted by molar-refractivity contribution is 5.87. The summed E-state index contributed by atoms with van der Waals surface area (Å²) < 4.78 is 16.3. The molecule has 29 heavy (non-hydrogen) atoms. The Balaban J connectivity index is 1.90. The van der Waals surface area contributed by atoms with Crippen LogP contribution in [0.25, 0.3) is 28.8 Å². The Kier molecular flexibility index (Phi) is 3.20. The molecule has 0 amide bonds. The molecular weight excluding hydrogens is 380 g/mol. The number of fused-ring (bicyclic) bond motifs is 6. The van der Waals surface area contributed by atoms with E-state index in [1.807, 2.05) is 0 Å². The average molecular weight is 396 g/mol. The number of ether oxygens (including phenoxy) is 1. The summed E-state index contributed by atoms with van der Waals surface area (Å²) in [5.74, 6) is 0.182. The normalized spacial score (nSPS) is 16.8. The van der Waals surface area contributed by atoms with Crippen LogP contribution in [0.4, 0.5) is 0 Å². The number of furan rings is 1. The average Bonchev–Trinajstić information content (AvgIpc) is 3.20. The smallest absolute Gasteiger partial charge is 0.333 e. The van der Waals surface area contributed by atoms with Crippen LogP contribution >= 0.6 is 0 Å². The van der Waals surface area contributed by atoms with Gasteiger partial charge in [-0.05, 0) is 6.08 Å². The van der Waals surface area contributed by atoms with Gasteiger partial charge in [0.05, 0.1) is 0 Å². The molecule has 3 aromatic rings. The molecule has 2 aliphatic rings. The van der Waals surface area contributed by atoms with Crippen molar-refractivity contribution in [1.29, 1.82) is 0 Å². The van der Waals surface area contributed by atoms with Crippen molar-refractivity contribution < 1.29 is 9.15 Å². The predicted octanol–water partition coefficient (Wildman–Crippen LogP) is -2.35. The zero-order valence-corrected chi connectivity index (χ0v) is 16.0. The molecule has 148 valence electrons. The summed E-state index contributed by atoms with van der Waals surface area (Å²) in [6.45, 7) is 0. The van der Waals surface area contributed by atoms with Crippen LogP contribution in [0, 0.1) is 0 Å². The van der Waals surface area contributed by atoms with Gasteiger partial charge in [0.15, 0.2) is 0 Å². The lowest BCUT2D eigenvalue weighted by atomic mass is 10.1. The lowest BCUT2D eigenvalue weighted by Gasteiger charge is -2.08. The number of allylic oxidation sites excluding steroid dienone is 1. The van der Waals surface area contributed by atoms with Crippen molar-refractivity contribution in [3.63, 3.8) is 0 Å². The van der Waals surface area contributed by atoms with E-state index >= 15 is 0 Å². The van der Waals surface area contributed by atoms with Crippen molar-refractivity contribution in [3.05, 3.63) is 63.9 Å². The SMILES string of the molecule is Cn1c2c(c(=O)n(C)c1=O)C1=CC=c3c(oc4c3c(=O)n(C)c(=O)n4C)=CC1O2. The molecule has 0 radical (unpaired) electrons. The second-order valence-electron chi connectivity index (χ2n) is 7.15. The topological polar surface area (TPSA) is 110 Å². The monoisotopic (exact) mass is 396 g/mol. The first-order chi connectivity index (χ1) is 13.7. The number of hydrogen-bond acceptors (Lipinski definition) is 6. The van der Waals surface area contributed by atoms with Gasteiger partial charge < -0.3 is 9.15 Å². The quantitative estimate of drug-likeness (QED) is 0.421. The minimum absolute atomic E-state index is 0.159. The van der Waals surface area contributed by atoms with E-state index in [1.165, 1.54) is 37.3 Å². The molecule has 0 N–H and O–H groups in total. The molecule has 10 nitrogen and oxygen atoms in total. The molecule has 0 bridgehead atoms. The third kappa shape index (κ3) is 2.00. The van der Waals surface area contributed by atoms with Gasteiger partial charge in [0, 0.05) is 45.1 Å². The van der Waals surface area contributed by atoms with Gasteiger partial charge in [0.1, 0.15) is 22.5 Å². The molecular formula is C19H16N4O6. The van der Waals surface area contributed by atoms with E-state index in [0.29, 0.717) is 21.8 Å². The van der Waals surface area contributed by atoms with Crippen LogP contribution < -0.4 is 37.9 Å². The van der Waals surface area contributed by atoms with E-state index in [4.69, 9.17) is 9.15 Å². The molecule has 1 atom stereocenters. The first-order valence-corrected chi connectivity index (χ1v) is 8.81. The van der Waals surface area contributed by atoms with Crippen LogP contribution in [0.5, 0.6) is 5.88 Å². The van der Waals surface area contributed by atoms with Gasteiger partial charge in [-0.15, -0.1) is 0 Å². The minimum Gasteiger partial charge on any atom is -0.465 e. The Morgan fingerprint density at radius 2 is 1.48 bits per heavy atom. The first kappa shape index (κ1) is 17.3. The molecule has 0 saturated heterocycles. The molecule has 0 fully saturated rings. The van der Waals surface area contributed by atoms with E-state index in [2.05, 4.69) is 0 Å². The third-order valence-electron chi connectivity index (χ3n) is 5.53. The molecule has 1 aliphatic carbocycles. The molecule has 3 aromatic heterocycles. The van der Waals surface area contributed by atoms with E-state index in [0.717, 1.165) is 9.13 Å². The van der Waals surface area contributed by atoms with Crippen LogP contribution in [0.3, 0.4) is 0 Å². The maximum Gasteiger partial charge on any atom is 0.333 e. The van der Waals surface area contributed by atoms with Gasteiger partial charge in [-0.2, -0.15) is 0 Å². The Bertz CT molecular complexity index is 1650. The van der Waals surface area contributed by atoms with E-state index in [1.54, 1.807) is 18.2 Å². The van der Waals surface area contributed by atoms with E-state index < -0.39 is 28.6 Å². The maximum atomic E-state index is 12.7. The van der Waals surface area contributed by atoms with Crippen LogP contribution in [0.2, 0.25) is 0 Å². The summed E-state index contributed by atoms with van der Waals surface area (Å²) in [4.78, 5) is 49.8. The number of rotatable bonds is 0. The Hall–Kier alpha value is -3.82. The van der Waals surface area contributed by atoms with Crippen molar-refractivity contribution in [2.45, 2.75) is 6.10 Å². The molecule has 0 spiro atoms. The van der Waals surface area contributed by atoms with Crippen LogP contribution in [0.15, 0.2) is 29.7 Å². The van der Waals surface area contributed by atoms with Gasteiger partial charge in [-0.25, -0.2) is 9.59 Å². The summed E-state index contributed by atoms with van der Waals surface area (Å²) in [7, 11) is 5.86. The Morgan fingerprint density at radius 3 is 2.21 bits per heavy atom. The highest BCUT2D eigenvalue weighted by Gasteiger charge is 2.34. The fourth-order valence-electron chi connectivity index (χ4n) is 3.90. The summed E-state index contributed by atoms with van der Waals surface area (Å²) in [5, 5.41) is 0.774. The van der Waals surface area contributed by atoms with Gasteiger partial charge >= 0.3 is 11.4 Å². The van der Waals surface area contributed by atoms with Crippen LogP contribution in [-0.2, 0) is 28.2 Å². The molecule has 0 saturated carbocycles. The van der Waals surface area contributed by atoms with Crippen molar-refractivity contribution in [3.8, 4) is 5.88 Å². The van der Waals surface area contributed by atoms with Gasteiger partial charge in [0.25, 0.3) is 11.1 Å². The van der Waals surface area contributed by atoms with E-state index in [9.17, 15) is 19.2 Å². The van der Waals surface area contributed by atoms with Crippen molar-refractivity contribution in [2.75, 3.05) is 0 Å². The second-order valence-corrected chi connectivity index (χ2v) is 7.15. The predicted molar refractivity (Wildman–Crippen MR) is 104 cm³/mol. The summed E-state index contributed by atoms with van der Waals surface area (Å²) >= 11 is 0. The number of aryl methyl sites for hydroxylation is 1. The zero-order chi connectivity index (χ0) is 20.8. The Labute approximate surface area is 161 Å². The highest BCUT2D eigenvalue weighted by Crippen LogP contribution is 2.35. The lowest BCUT2D eigenvalue weighted by molar-refractivity contribution is 0.305. The van der Waals surface area contributed by atoms with Crippen molar-refractivity contribution >= 4 is 28.8 Å². The first-order valence-electron chi connectivity index (χ1n) is 8.81. The summed E-state index contributed by atoms with van der Waals surface area (Å²) in [5.41, 5.74) is -0.541. The fourth-order valence-corrected chi connectivity index (χ4v) is 3.90. The Morgan fingerprint density at radius 1 is 0.828 bits per heavy atom. The minimum atomic E-state index is -0.676. The molecule has 5 rings (SSSR count). The number of aromatic nitrogens is 4. The number of nitrogens with zero attached hydrogens (tertiary/aromatic N) is 4. The lowest BCUT2D eigenvalue weighted by Crippen LogP contribution is -2.38. The molecule has 1 aliphatic heterocycles. The van der Waals surface area contributed by atoms with Crippen molar-refractivity contribution in [1.82, 2.24) is 18.3 Å². The molecule has 10 heteroatoms. The summed E-state index contributed by atoms with van der Waals surface area (Å²) in [6, 6.07) is 0. The second kappa shape index (κ2) is 5.37. The van der Waals surface area contributed by atoms with Gasteiger partial charge in [0.2, 0.25) is 11.6 Å². The molecule has 4 heterocycles. The largest absolute Gasteiger partial charge is 0.465 e. The highest BCUT2D eigenvalue weighted by atomic mass is 16.5. The standard InChI is InChI=1S/C19H16N4O6/c1-20-14(24)12-8-5-6-9-11(7-10(8)28-16(12)22(3)18(20)26)29-17-13(9)15(25)21(2)19(27)23(17)4/h5-7,10H,1-4H3. The van der Waals surface area contributed by atoms with E-state index in [-0.39, 0.29) is 17.0 Å². The zero-order valence-electron chi connectivity index (χ0n) is 16.0. The molecule has 1 unspecified atom stereocenters. The fraction of sp³-hybridized carbons (Fsp3) is 0.263. The van der Waals surface area contributed by atoms with Crippen LogP contribution in [0.1, 0.15) is 5.56 Å². The summed E-state index contributed by atoms with van der Waals surface area (Å²) in [6.07, 6.45) is 4.31. The maximum absolute atomic E-state index is 12.7. The number of hydrogen-bond donors (Lipinski definition) is 0. The van der Waals surface area contributed by atoms with Crippen molar-refractivity contribution in [2.24, 2.45) is 28.2 Å². The van der Waals surface area contributed by atoms with Gasteiger partial charge in [-0.3, -0.25) is 27.9 Å². The van der Waals surface area contributed by atoms with Crippen LogP contribution in [-0.4, -0.2) is 24.4 Å².